The molecule has 1 unspecified atom stereocenters. The van der Waals surface area contributed by atoms with Crippen LogP contribution >= 0.6 is 23.2 Å². The number of nitrogens with one attached hydrogen (secondary N) is 2. The molecule has 0 radical (unpaired) electrons. The Morgan fingerprint density at radius 2 is 1.76 bits per heavy atom. The van der Waals surface area contributed by atoms with E-state index >= 15 is 0 Å². The van der Waals surface area contributed by atoms with Gasteiger partial charge in [0.05, 0.1) is 6.61 Å². The normalized spacial score (nSPS) is 18.3. The fourth-order valence-electron chi connectivity index (χ4n) is 2.79. The smallest absolute Gasteiger partial charge is 0.316 e. The number of methoxy groups -OCH3 is 1. The second kappa shape index (κ2) is 9.22. The molecule has 1 aliphatic rings. The fraction of sp³-hybridized carbons (Fsp3) is 0.190. The van der Waals surface area contributed by atoms with E-state index in [9.17, 15) is 4.79 Å². The average molecular weight is 432 g/mol. The minimum absolute atomic E-state index is 0.448. The van der Waals surface area contributed by atoms with Crippen LogP contribution in [0.1, 0.15) is 12.0 Å². The van der Waals surface area contributed by atoms with Crippen LogP contribution < -0.4 is 5.32 Å². The third-order valence-corrected chi connectivity index (χ3v) is 4.84. The van der Waals surface area contributed by atoms with Gasteiger partial charge in [0.2, 0.25) is 0 Å². The monoisotopic (exact) mass is 431 g/mol. The maximum atomic E-state index is 13.0. The Morgan fingerprint density at radius 3 is 2.34 bits per heavy atom. The quantitative estimate of drug-likeness (QED) is 0.551. The molecule has 2 N–H and O–H groups in total. The van der Waals surface area contributed by atoms with E-state index in [1.807, 2.05) is 0 Å². The number of hydrogen-bond acceptors (Lipinski definition) is 5. The molecule has 0 saturated carbocycles. The Morgan fingerprint density at radius 1 is 1.14 bits per heavy atom. The van der Waals surface area contributed by atoms with Crippen molar-refractivity contribution < 1.29 is 14.3 Å². The number of nitrogens with zero attached hydrogens (tertiary/aromatic N) is 1. The summed E-state index contributed by atoms with van der Waals surface area (Å²) in [4.78, 5) is 13.0. The molecule has 0 saturated heterocycles. The number of rotatable bonds is 7. The maximum absolute atomic E-state index is 13.0. The second-order valence-electron chi connectivity index (χ2n) is 6.31. The van der Waals surface area contributed by atoms with Crippen molar-refractivity contribution in [1.82, 2.24) is 0 Å². The lowest BCUT2D eigenvalue weighted by Crippen LogP contribution is -2.42. The van der Waals surface area contributed by atoms with Crippen LogP contribution in [0.5, 0.6) is 0 Å². The summed E-state index contributed by atoms with van der Waals surface area (Å²) in [6.45, 7) is 0.474. The standard InChI is InChI=1S/C21H19Cl2N3O3/c1-28-13-11-15-10-12-21(26-24,20(27)25-18-8-6-17(23)7-9-18)29-19(15)14-2-4-16(22)5-3-14/h2-10,12,24H,11,13H2,1H3,(H,25,27). The number of amides is 1. The van der Waals surface area contributed by atoms with Crippen LogP contribution in [-0.2, 0) is 14.3 Å². The van der Waals surface area contributed by atoms with Crippen molar-refractivity contribution in [3.05, 3.63) is 81.9 Å². The van der Waals surface area contributed by atoms with Gasteiger partial charge in [0, 0.05) is 28.4 Å². The SMILES string of the molecule is COCCC1=C(c2ccc(Cl)cc2)OC(N=N)(C(=O)Nc2ccc(Cl)cc2)C=C1. The van der Waals surface area contributed by atoms with Crippen LogP contribution in [0.15, 0.2) is 71.4 Å². The van der Waals surface area contributed by atoms with Crippen LogP contribution in [0, 0.1) is 5.53 Å². The lowest BCUT2D eigenvalue weighted by atomic mass is 9.99. The van der Waals surface area contributed by atoms with Gasteiger partial charge in [-0.3, -0.25) is 4.79 Å². The number of benzene rings is 2. The van der Waals surface area contributed by atoms with Gasteiger partial charge in [0.1, 0.15) is 5.76 Å². The average Bonchev–Trinajstić information content (AvgIpc) is 2.74. The van der Waals surface area contributed by atoms with Crippen LogP contribution in [0.2, 0.25) is 10.0 Å². The molecule has 1 atom stereocenters. The van der Waals surface area contributed by atoms with E-state index in [0.717, 1.165) is 11.1 Å². The van der Waals surface area contributed by atoms with E-state index in [0.29, 0.717) is 34.5 Å². The zero-order valence-corrected chi connectivity index (χ0v) is 17.1. The highest BCUT2D eigenvalue weighted by atomic mass is 35.5. The Labute approximate surface area is 178 Å². The molecule has 2 aromatic rings. The van der Waals surface area contributed by atoms with Gasteiger partial charge < -0.3 is 14.8 Å². The van der Waals surface area contributed by atoms with E-state index < -0.39 is 11.6 Å². The number of carbonyl (C=O) groups is 1. The largest absolute Gasteiger partial charge is 0.451 e. The second-order valence-corrected chi connectivity index (χ2v) is 7.18. The molecule has 0 bridgehead atoms. The number of halogens is 2. The van der Waals surface area contributed by atoms with Crippen molar-refractivity contribution >= 4 is 40.6 Å². The van der Waals surface area contributed by atoms with Gasteiger partial charge in [-0.15, -0.1) is 5.11 Å². The van der Waals surface area contributed by atoms with Gasteiger partial charge >= 0.3 is 5.72 Å². The molecular formula is C21H19Cl2N3O3. The van der Waals surface area contributed by atoms with Crippen molar-refractivity contribution in [2.75, 3.05) is 19.0 Å². The molecule has 0 aromatic heterocycles. The van der Waals surface area contributed by atoms with E-state index in [2.05, 4.69) is 10.4 Å². The summed E-state index contributed by atoms with van der Waals surface area (Å²) in [5.41, 5.74) is 7.90. The van der Waals surface area contributed by atoms with Crippen LogP contribution in [0.25, 0.3) is 5.76 Å². The predicted molar refractivity (Wildman–Crippen MR) is 113 cm³/mol. The highest BCUT2D eigenvalue weighted by Gasteiger charge is 2.42. The van der Waals surface area contributed by atoms with Gasteiger partial charge in [-0.1, -0.05) is 29.3 Å². The van der Waals surface area contributed by atoms with Crippen LogP contribution in [-0.4, -0.2) is 25.3 Å². The van der Waals surface area contributed by atoms with Crippen molar-refractivity contribution in [2.24, 2.45) is 5.11 Å². The highest BCUT2D eigenvalue weighted by molar-refractivity contribution is 6.30. The maximum Gasteiger partial charge on any atom is 0.316 e. The molecule has 2 aromatic carbocycles. The first kappa shape index (κ1) is 21.0. The van der Waals surface area contributed by atoms with Gasteiger partial charge in [-0.25, -0.2) is 5.53 Å². The Bertz CT molecular complexity index is 956. The predicted octanol–water partition coefficient (Wildman–Crippen LogP) is 5.69. The molecule has 1 amide bonds. The number of carbonyl (C=O) groups excluding carboxylic acids is 1. The third-order valence-electron chi connectivity index (χ3n) is 4.34. The first-order chi connectivity index (χ1) is 14.0. The molecule has 0 fully saturated rings. The first-order valence-corrected chi connectivity index (χ1v) is 9.55. The van der Waals surface area contributed by atoms with Crippen molar-refractivity contribution in [3.63, 3.8) is 0 Å². The first-order valence-electron chi connectivity index (χ1n) is 8.79. The molecule has 0 spiro atoms. The summed E-state index contributed by atoms with van der Waals surface area (Å²) in [5, 5.41) is 7.35. The molecule has 8 heteroatoms. The number of hydrogen-bond donors (Lipinski definition) is 2. The number of anilines is 1. The van der Waals surface area contributed by atoms with Crippen LogP contribution in [0.3, 0.4) is 0 Å². The van der Waals surface area contributed by atoms with Crippen molar-refractivity contribution in [3.8, 4) is 0 Å². The molecule has 0 aliphatic carbocycles. The van der Waals surface area contributed by atoms with E-state index in [1.165, 1.54) is 6.08 Å². The number of ether oxygens (including phenoxy) is 2. The van der Waals surface area contributed by atoms with Gasteiger partial charge in [0.15, 0.2) is 0 Å². The van der Waals surface area contributed by atoms with Crippen molar-refractivity contribution in [2.45, 2.75) is 12.1 Å². The lowest BCUT2D eigenvalue weighted by molar-refractivity contribution is -0.129. The van der Waals surface area contributed by atoms with Gasteiger partial charge in [-0.2, -0.15) is 0 Å². The van der Waals surface area contributed by atoms with Crippen LogP contribution in [0.4, 0.5) is 5.69 Å². The topological polar surface area (TPSA) is 83.8 Å². The minimum atomic E-state index is -1.83. The summed E-state index contributed by atoms with van der Waals surface area (Å²) in [7, 11) is 1.61. The van der Waals surface area contributed by atoms with E-state index in [1.54, 1.807) is 61.7 Å². The molecule has 1 heterocycles. The molecular weight excluding hydrogens is 413 g/mol. The van der Waals surface area contributed by atoms with Crippen molar-refractivity contribution in [1.29, 1.82) is 5.53 Å². The summed E-state index contributed by atoms with van der Waals surface area (Å²) in [5.74, 6) is -0.146. The fourth-order valence-corrected chi connectivity index (χ4v) is 3.04. The molecule has 6 nitrogen and oxygen atoms in total. The molecule has 3 rings (SSSR count). The Kier molecular flexibility index (Phi) is 6.69. The van der Waals surface area contributed by atoms with Gasteiger partial charge in [-0.05, 0) is 66.6 Å². The zero-order valence-electron chi connectivity index (χ0n) is 15.6. The van der Waals surface area contributed by atoms with E-state index in [-0.39, 0.29) is 0 Å². The zero-order chi connectivity index (χ0) is 20.9. The number of allylic oxidation sites excluding steroid dienone is 1. The highest BCUT2D eigenvalue weighted by Crippen LogP contribution is 2.36. The third kappa shape index (κ3) is 4.85. The molecule has 29 heavy (non-hydrogen) atoms. The lowest BCUT2D eigenvalue weighted by Gasteiger charge is -2.30. The Hall–Kier alpha value is -2.67. The summed E-state index contributed by atoms with van der Waals surface area (Å²) < 4.78 is 11.2. The van der Waals surface area contributed by atoms with E-state index in [4.69, 9.17) is 38.2 Å². The molecule has 1 aliphatic heterocycles. The minimum Gasteiger partial charge on any atom is -0.451 e. The molecule has 150 valence electrons. The summed E-state index contributed by atoms with van der Waals surface area (Å²) in [6.07, 6.45) is 3.78. The van der Waals surface area contributed by atoms with Gasteiger partial charge in [0.25, 0.3) is 5.91 Å². The summed E-state index contributed by atoms with van der Waals surface area (Å²) >= 11 is 11.9. The summed E-state index contributed by atoms with van der Waals surface area (Å²) in [6, 6.07) is 13.7. The Balaban J connectivity index is 1.92.